The molecule has 1 aliphatic rings. The SMILES string of the molecule is Cc1nc(N)nn1[C@@H]1OC[C@@H](O)[C@H](O)[C@H]1O. The number of aryl methyl sites for hydroxylation is 1. The van der Waals surface area contributed by atoms with E-state index in [1.54, 1.807) is 6.92 Å². The van der Waals surface area contributed by atoms with Crippen LogP contribution in [0.5, 0.6) is 0 Å². The predicted octanol–water partition coefficient (Wildman–Crippen LogP) is -2.22. The number of aliphatic hydroxyl groups excluding tert-OH is 3. The highest BCUT2D eigenvalue weighted by atomic mass is 16.5. The average molecular weight is 230 g/mol. The highest BCUT2D eigenvalue weighted by Gasteiger charge is 2.39. The molecule has 0 aromatic carbocycles. The van der Waals surface area contributed by atoms with E-state index in [4.69, 9.17) is 10.5 Å². The molecule has 1 aliphatic heterocycles. The lowest BCUT2D eigenvalue weighted by Crippen LogP contribution is -2.51. The van der Waals surface area contributed by atoms with Crippen LogP contribution in [0.25, 0.3) is 0 Å². The first kappa shape index (κ1) is 11.3. The molecule has 0 radical (unpaired) electrons. The Morgan fingerprint density at radius 3 is 2.62 bits per heavy atom. The normalized spacial score (nSPS) is 35.2. The number of anilines is 1. The van der Waals surface area contributed by atoms with E-state index in [0.29, 0.717) is 5.82 Å². The summed E-state index contributed by atoms with van der Waals surface area (Å²) in [6, 6.07) is 0. The van der Waals surface area contributed by atoms with Gasteiger partial charge in [-0.05, 0) is 6.92 Å². The fourth-order valence-electron chi connectivity index (χ4n) is 1.67. The van der Waals surface area contributed by atoms with Crippen LogP contribution in [0.3, 0.4) is 0 Å². The Labute approximate surface area is 91.3 Å². The minimum absolute atomic E-state index is 0.0638. The molecule has 0 spiro atoms. The first-order chi connectivity index (χ1) is 7.50. The number of rotatable bonds is 1. The molecule has 0 amide bonds. The van der Waals surface area contributed by atoms with Gasteiger partial charge < -0.3 is 25.8 Å². The summed E-state index contributed by atoms with van der Waals surface area (Å²) in [7, 11) is 0. The largest absolute Gasteiger partial charge is 0.388 e. The predicted molar refractivity (Wildman–Crippen MR) is 52.2 cm³/mol. The fraction of sp³-hybridized carbons (Fsp3) is 0.750. The van der Waals surface area contributed by atoms with Gasteiger partial charge >= 0.3 is 0 Å². The molecule has 1 aromatic heterocycles. The van der Waals surface area contributed by atoms with Crippen molar-refractivity contribution < 1.29 is 20.1 Å². The monoisotopic (exact) mass is 230 g/mol. The lowest BCUT2D eigenvalue weighted by Gasteiger charge is -2.35. The molecular formula is C8H14N4O4. The molecule has 8 nitrogen and oxygen atoms in total. The Morgan fingerprint density at radius 1 is 1.38 bits per heavy atom. The summed E-state index contributed by atoms with van der Waals surface area (Å²) in [5.74, 6) is 0.527. The number of aliphatic hydroxyl groups is 3. The van der Waals surface area contributed by atoms with Gasteiger partial charge in [0.05, 0.1) is 6.61 Å². The Balaban J connectivity index is 2.25. The molecular weight excluding hydrogens is 216 g/mol. The Morgan fingerprint density at radius 2 is 2.06 bits per heavy atom. The summed E-state index contributed by atoms with van der Waals surface area (Å²) in [5, 5.41) is 32.4. The van der Waals surface area contributed by atoms with E-state index in [0.717, 1.165) is 0 Å². The Bertz CT molecular complexity index is 382. The zero-order valence-corrected chi connectivity index (χ0v) is 8.69. The zero-order valence-electron chi connectivity index (χ0n) is 8.69. The van der Waals surface area contributed by atoms with Crippen molar-refractivity contribution in [2.45, 2.75) is 31.5 Å². The van der Waals surface area contributed by atoms with Gasteiger partial charge in [-0.25, -0.2) is 4.68 Å². The summed E-state index contributed by atoms with van der Waals surface area (Å²) < 4.78 is 6.48. The lowest BCUT2D eigenvalue weighted by molar-refractivity contribution is -0.214. The maximum Gasteiger partial charge on any atom is 0.239 e. The first-order valence-electron chi connectivity index (χ1n) is 4.85. The van der Waals surface area contributed by atoms with Gasteiger partial charge in [-0.15, -0.1) is 5.10 Å². The molecule has 2 heterocycles. The molecule has 8 heteroatoms. The van der Waals surface area contributed by atoms with Crippen molar-refractivity contribution in [2.24, 2.45) is 0 Å². The molecule has 1 aromatic rings. The third-order valence-electron chi connectivity index (χ3n) is 2.53. The first-order valence-corrected chi connectivity index (χ1v) is 4.85. The molecule has 0 bridgehead atoms. The van der Waals surface area contributed by atoms with Gasteiger partial charge in [-0.1, -0.05) is 0 Å². The third-order valence-corrected chi connectivity index (χ3v) is 2.53. The molecule has 90 valence electrons. The summed E-state index contributed by atoms with van der Waals surface area (Å²) in [6.07, 6.45) is -4.54. The Hall–Kier alpha value is -1.22. The van der Waals surface area contributed by atoms with E-state index >= 15 is 0 Å². The third kappa shape index (κ3) is 1.76. The standard InChI is InChI=1S/C8H14N4O4/c1-3-10-8(9)11-12(3)7-6(15)5(14)4(13)2-16-7/h4-7,13-15H,2H2,1H3,(H2,9,11)/t4-,5+,6-,7-/m1/s1. The van der Waals surface area contributed by atoms with Crippen molar-refractivity contribution in [1.29, 1.82) is 0 Å². The van der Waals surface area contributed by atoms with E-state index in [2.05, 4.69) is 10.1 Å². The van der Waals surface area contributed by atoms with Crippen LogP contribution in [-0.4, -0.2) is 55.0 Å². The topological polar surface area (TPSA) is 127 Å². The molecule has 4 atom stereocenters. The molecule has 0 unspecified atom stereocenters. The van der Waals surface area contributed by atoms with E-state index in [9.17, 15) is 15.3 Å². The van der Waals surface area contributed by atoms with Crippen LogP contribution in [-0.2, 0) is 4.74 Å². The highest BCUT2D eigenvalue weighted by Crippen LogP contribution is 2.24. The summed E-state index contributed by atoms with van der Waals surface area (Å²) in [4.78, 5) is 3.86. The fourth-order valence-corrected chi connectivity index (χ4v) is 1.67. The summed E-state index contributed by atoms with van der Waals surface area (Å²) >= 11 is 0. The van der Waals surface area contributed by atoms with Gasteiger partial charge in [0.15, 0.2) is 6.23 Å². The molecule has 1 saturated heterocycles. The number of nitrogens with zero attached hydrogens (tertiary/aromatic N) is 3. The van der Waals surface area contributed by atoms with Gasteiger partial charge in [-0.3, -0.25) is 0 Å². The lowest BCUT2D eigenvalue weighted by atomic mass is 10.0. The number of aromatic nitrogens is 3. The van der Waals surface area contributed by atoms with Crippen LogP contribution in [0.2, 0.25) is 0 Å². The van der Waals surface area contributed by atoms with Crippen LogP contribution in [0, 0.1) is 6.92 Å². The molecule has 0 saturated carbocycles. The maximum atomic E-state index is 9.73. The van der Waals surface area contributed by atoms with Crippen molar-refractivity contribution in [3.63, 3.8) is 0 Å². The highest BCUT2D eigenvalue weighted by molar-refractivity contribution is 5.13. The number of nitrogen functional groups attached to an aromatic ring is 1. The smallest absolute Gasteiger partial charge is 0.239 e. The van der Waals surface area contributed by atoms with Crippen LogP contribution < -0.4 is 5.73 Å². The van der Waals surface area contributed by atoms with Crippen molar-refractivity contribution in [3.8, 4) is 0 Å². The van der Waals surface area contributed by atoms with Gasteiger partial charge in [0.2, 0.25) is 5.95 Å². The van der Waals surface area contributed by atoms with Crippen molar-refractivity contribution >= 4 is 5.95 Å². The average Bonchev–Trinajstić information content (AvgIpc) is 2.55. The number of hydrogen-bond acceptors (Lipinski definition) is 7. The quantitative estimate of drug-likeness (QED) is 0.430. The van der Waals surface area contributed by atoms with Crippen molar-refractivity contribution in [1.82, 2.24) is 14.8 Å². The van der Waals surface area contributed by atoms with Crippen LogP contribution in [0.1, 0.15) is 12.1 Å². The second kappa shape index (κ2) is 3.98. The van der Waals surface area contributed by atoms with E-state index in [-0.39, 0.29) is 12.6 Å². The van der Waals surface area contributed by atoms with Gasteiger partial charge in [-0.2, -0.15) is 4.98 Å². The van der Waals surface area contributed by atoms with Gasteiger partial charge in [0.25, 0.3) is 0 Å². The number of ether oxygens (including phenoxy) is 1. The van der Waals surface area contributed by atoms with Crippen LogP contribution in [0.4, 0.5) is 5.95 Å². The molecule has 1 fully saturated rings. The van der Waals surface area contributed by atoms with E-state index in [1.807, 2.05) is 0 Å². The van der Waals surface area contributed by atoms with Crippen molar-refractivity contribution in [2.75, 3.05) is 12.3 Å². The molecule has 16 heavy (non-hydrogen) atoms. The Kier molecular flexibility index (Phi) is 2.80. The number of hydrogen-bond donors (Lipinski definition) is 4. The van der Waals surface area contributed by atoms with Crippen LogP contribution in [0.15, 0.2) is 0 Å². The zero-order chi connectivity index (χ0) is 11.9. The van der Waals surface area contributed by atoms with E-state index < -0.39 is 24.5 Å². The molecule has 5 N–H and O–H groups in total. The minimum Gasteiger partial charge on any atom is -0.388 e. The van der Waals surface area contributed by atoms with Crippen LogP contribution >= 0.6 is 0 Å². The number of nitrogens with two attached hydrogens (primary N) is 1. The maximum absolute atomic E-state index is 9.73. The second-order valence-corrected chi connectivity index (χ2v) is 3.73. The minimum atomic E-state index is -1.27. The second-order valence-electron chi connectivity index (χ2n) is 3.73. The summed E-state index contributed by atoms with van der Waals surface area (Å²) in [5.41, 5.74) is 5.40. The van der Waals surface area contributed by atoms with Gasteiger partial charge in [0, 0.05) is 0 Å². The van der Waals surface area contributed by atoms with Gasteiger partial charge in [0.1, 0.15) is 24.1 Å². The van der Waals surface area contributed by atoms with E-state index in [1.165, 1.54) is 4.68 Å². The van der Waals surface area contributed by atoms with Crippen molar-refractivity contribution in [3.05, 3.63) is 5.82 Å². The summed E-state index contributed by atoms with van der Waals surface area (Å²) in [6.45, 7) is 1.57. The molecule has 0 aliphatic carbocycles. The molecule has 2 rings (SSSR count).